The lowest BCUT2D eigenvalue weighted by molar-refractivity contribution is 0.0965. The third-order valence-electron chi connectivity index (χ3n) is 3.33. The summed E-state index contributed by atoms with van der Waals surface area (Å²) in [5, 5.41) is 3.41. The Hall–Kier alpha value is 0.460. The van der Waals surface area contributed by atoms with E-state index in [-0.39, 0.29) is 24.8 Å². The van der Waals surface area contributed by atoms with E-state index in [1.807, 2.05) is 7.11 Å². The number of nitrogens with zero attached hydrogens (tertiary/aromatic N) is 1. The molecular formula is C10H22Cl2N2O. The molecule has 2 fully saturated rings. The van der Waals surface area contributed by atoms with Crippen molar-refractivity contribution in [3.8, 4) is 0 Å². The van der Waals surface area contributed by atoms with Crippen molar-refractivity contribution in [3.05, 3.63) is 0 Å². The van der Waals surface area contributed by atoms with Crippen molar-refractivity contribution < 1.29 is 4.74 Å². The van der Waals surface area contributed by atoms with Gasteiger partial charge < -0.3 is 10.1 Å². The van der Waals surface area contributed by atoms with Crippen molar-refractivity contribution in [3.63, 3.8) is 0 Å². The zero-order valence-corrected chi connectivity index (χ0v) is 10.9. The number of ether oxygens (including phenoxy) is 1. The van der Waals surface area contributed by atoms with Gasteiger partial charge in [0.1, 0.15) is 0 Å². The van der Waals surface area contributed by atoms with Crippen LogP contribution in [0.3, 0.4) is 0 Å². The van der Waals surface area contributed by atoms with E-state index in [9.17, 15) is 0 Å². The van der Waals surface area contributed by atoms with Crippen molar-refractivity contribution in [2.75, 3.05) is 33.3 Å². The summed E-state index contributed by atoms with van der Waals surface area (Å²) in [4.78, 5) is 2.61. The number of piperidine rings is 1. The van der Waals surface area contributed by atoms with Crippen LogP contribution in [0.1, 0.15) is 19.3 Å². The number of nitrogens with one attached hydrogen (secondary N) is 1. The Morgan fingerprint density at radius 3 is 2.33 bits per heavy atom. The summed E-state index contributed by atoms with van der Waals surface area (Å²) < 4.78 is 5.37. The number of likely N-dealkylation sites (tertiary alicyclic amines) is 1. The van der Waals surface area contributed by atoms with E-state index in [1.165, 1.54) is 38.9 Å². The van der Waals surface area contributed by atoms with Crippen molar-refractivity contribution in [2.45, 2.75) is 31.4 Å². The Labute approximate surface area is 105 Å². The van der Waals surface area contributed by atoms with Gasteiger partial charge in [-0.2, -0.15) is 0 Å². The molecule has 1 unspecified atom stereocenters. The number of rotatable bonds is 2. The lowest BCUT2D eigenvalue weighted by atomic mass is 10.1. The lowest BCUT2D eigenvalue weighted by Crippen LogP contribution is -2.42. The van der Waals surface area contributed by atoms with E-state index in [0.29, 0.717) is 6.10 Å². The summed E-state index contributed by atoms with van der Waals surface area (Å²) >= 11 is 0. The van der Waals surface area contributed by atoms with Gasteiger partial charge in [0.15, 0.2) is 0 Å². The van der Waals surface area contributed by atoms with Crippen LogP contribution in [0.2, 0.25) is 0 Å². The lowest BCUT2D eigenvalue weighted by Gasteiger charge is -2.31. The molecule has 2 heterocycles. The molecule has 0 amide bonds. The summed E-state index contributed by atoms with van der Waals surface area (Å²) in [5.41, 5.74) is 0. The van der Waals surface area contributed by atoms with Crippen LogP contribution in [-0.4, -0.2) is 50.3 Å². The minimum absolute atomic E-state index is 0. The van der Waals surface area contributed by atoms with E-state index in [1.54, 1.807) is 0 Å². The second-order valence-corrected chi connectivity index (χ2v) is 4.12. The molecule has 3 nitrogen and oxygen atoms in total. The second-order valence-electron chi connectivity index (χ2n) is 4.12. The highest BCUT2D eigenvalue weighted by Crippen LogP contribution is 2.19. The molecular weight excluding hydrogens is 235 g/mol. The van der Waals surface area contributed by atoms with Gasteiger partial charge in [-0.05, 0) is 32.4 Å². The normalized spacial score (nSPS) is 28.2. The van der Waals surface area contributed by atoms with Crippen LogP contribution in [-0.2, 0) is 4.74 Å². The summed E-state index contributed by atoms with van der Waals surface area (Å²) in [6.07, 6.45) is 4.35. The monoisotopic (exact) mass is 256 g/mol. The average Bonchev–Trinajstić information content (AvgIpc) is 2.67. The van der Waals surface area contributed by atoms with Crippen molar-refractivity contribution in [2.24, 2.45) is 0 Å². The van der Waals surface area contributed by atoms with Crippen LogP contribution in [0.4, 0.5) is 0 Å². The molecule has 92 valence electrons. The van der Waals surface area contributed by atoms with Crippen molar-refractivity contribution in [1.29, 1.82) is 0 Å². The van der Waals surface area contributed by atoms with Crippen LogP contribution in [0, 0.1) is 0 Å². The minimum atomic E-state index is 0. The molecule has 0 saturated carbocycles. The summed E-state index contributed by atoms with van der Waals surface area (Å²) in [5.74, 6) is 0. The fourth-order valence-corrected chi connectivity index (χ4v) is 2.45. The summed E-state index contributed by atoms with van der Waals surface area (Å²) in [6.45, 7) is 4.78. The SMILES string of the molecule is COC1CCN(C2CCNCC2)C1.Cl.Cl. The van der Waals surface area contributed by atoms with Gasteiger partial charge in [-0.15, -0.1) is 24.8 Å². The molecule has 1 atom stereocenters. The van der Waals surface area contributed by atoms with Gasteiger partial charge >= 0.3 is 0 Å². The van der Waals surface area contributed by atoms with E-state index >= 15 is 0 Å². The summed E-state index contributed by atoms with van der Waals surface area (Å²) in [6, 6.07) is 0.821. The quantitative estimate of drug-likeness (QED) is 0.807. The molecule has 2 aliphatic rings. The van der Waals surface area contributed by atoms with Crippen LogP contribution in [0.15, 0.2) is 0 Å². The standard InChI is InChI=1S/C10H20N2O.2ClH/c1-13-10-4-7-12(8-10)9-2-5-11-6-3-9;;/h9-11H,2-8H2,1H3;2*1H. The molecule has 1 N–H and O–H groups in total. The van der Waals surface area contributed by atoms with Crippen LogP contribution >= 0.6 is 24.8 Å². The van der Waals surface area contributed by atoms with Gasteiger partial charge in [0.2, 0.25) is 0 Å². The van der Waals surface area contributed by atoms with Gasteiger partial charge in [-0.3, -0.25) is 4.90 Å². The fourth-order valence-electron chi connectivity index (χ4n) is 2.45. The van der Waals surface area contributed by atoms with E-state index in [0.717, 1.165) is 12.6 Å². The number of halogens is 2. The fraction of sp³-hybridized carbons (Fsp3) is 1.00. The topological polar surface area (TPSA) is 24.5 Å². The van der Waals surface area contributed by atoms with Gasteiger partial charge in [-0.1, -0.05) is 0 Å². The predicted molar refractivity (Wildman–Crippen MR) is 67.4 cm³/mol. The first-order valence-electron chi connectivity index (χ1n) is 5.37. The molecule has 0 aliphatic carbocycles. The van der Waals surface area contributed by atoms with Crippen molar-refractivity contribution >= 4 is 24.8 Å². The highest BCUT2D eigenvalue weighted by atomic mass is 35.5. The Bertz CT molecular complexity index is 166. The van der Waals surface area contributed by atoms with Crippen LogP contribution in [0.5, 0.6) is 0 Å². The Morgan fingerprint density at radius 2 is 1.80 bits per heavy atom. The van der Waals surface area contributed by atoms with Crippen LogP contribution in [0.25, 0.3) is 0 Å². The van der Waals surface area contributed by atoms with Gasteiger partial charge in [0.05, 0.1) is 6.10 Å². The highest BCUT2D eigenvalue weighted by Gasteiger charge is 2.28. The first kappa shape index (κ1) is 15.5. The molecule has 0 radical (unpaired) electrons. The van der Waals surface area contributed by atoms with E-state index in [2.05, 4.69) is 10.2 Å². The molecule has 2 rings (SSSR count). The molecule has 0 aromatic heterocycles. The molecule has 0 aromatic rings. The van der Waals surface area contributed by atoms with E-state index < -0.39 is 0 Å². The number of hydrogen-bond acceptors (Lipinski definition) is 3. The maximum absolute atomic E-state index is 5.37. The largest absolute Gasteiger partial charge is 0.380 e. The third kappa shape index (κ3) is 4.08. The molecule has 0 spiro atoms. The minimum Gasteiger partial charge on any atom is -0.380 e. The average molecular weight is 257 g/mol. The zero-order valence-electron chi connectivity index (χ0n) is 9.28. The van der Waals surface area contributed by atoms with Crippen LogP contribution < -0.4 is 5.32 Å². The van der Waals surface area contributed by atoms with Crippen molar-refractivity contribution in [1.82, 2.24) is 10.2 Å². The summed E-state index contributed by atoms with van der Waals surface area (Å²) in [7, 11) is 1.83. The molecule has 0 aromatic carbocycles. The Balaban J connectivity index is 0.000000980. The molecule has 15 heavy (non-hydrogen) atoms. The first-order valence-corrected chi connectivity index (χ1v) is 5.37. The molecule has 2 aliphatic heterocycles. The molecule has 0 bridgehead atoms. The Kier molecular flexibility index (Phi) is 7.92. The van der Waals surface area contributed by atoms with Gasteiger partial charge in [0, 0.05) is 26.2 Å². The maximum atomic E-state index is 5.37. The highest BCUT2D eigenvalue weighted by molar-refractivity contribution is 5.85. The maximum Gasteiger partial charge on any atom is 0.0710 e. The number of hydrogen-bond donors (Lipinski definition) is 1. The molecule has 5 heteroatoms. The molecule has 2 saturated heterocycles. The zero-order chi connectivity index (χ0) is 9.10. The van der Waals surface area contributed by atoms with Gasteiger partial charge in [-0.25, -0.2) is 0 Å². The van der Waals surface area contributed by atoms with E-state index in [4.69, 9.17) is 4.74 Å². The smallest absolute Gasteiger partial charge is 0.0710 e. The Morgan fingerprint density at radius 1 is 1.13 bits per heavy atom. The second kappa shape index (κ2) is 7.69. The van der Waals surface area contributed by atoms with Gasteiger partial charge in [0.25, 0.3) is 0 Å². The first-order chi connectivity index (χ1) is 6.40. The number of methoxy groups -OCH3 is 1. The predicted octanol–water partition coefficient (Wildman–Crippen LogP) is 1.30. The third-order valence-corrected chi connectivity index (χ3v) is 3.33.